The Hall–Kier alpha value is -1.42. The monoisotopic (exact) mass is 340 g/mol. The zero-order chi connectivity index (χ0) is 17.6. The first kappa shape index (κ1) is 18.4. The number of rotatable bonds is 7. The van der Waals surface area contributed by atoms with Crippen molar-refractivity contribution in [3.8, 4) is 0 Å². The van der Waals surface area contributed by atoms with Crippen LogP contribution in [0.5, 0.6) is 0 Å². The summed E-state index contributed by atoms with van der Waals surface area (Å²) in [6.45, 7) is 5.11. The highest BCUT2D eigenvalue weighted by molar-refractivity contribution is 5.83. The molecule has 2 aromatic rings. The van der Waals surface area contributed by atoms with E-state index >= 15 is 0 Å². The summed E-state index contributed by atoms with van der Waals surface area (Å²) < 4.78 is 0. The number of nitrogens with one attached hydrogen (secondary N) is 2. The van der Waals surface area contributed by atoms with Crippen molar-refractivity contribution in [3.63, 3.8) is 0 Å². The fraction of sp³-hybridized carbons (Fsp3) is 0.545. The normalized spacial score (nSPS) is 23.5. The average Bonchev–Trinajstić information content (AvgIpc) is 2.66. The van der Waals surface area contributed by atoms with E-state index in [1.807, 2.05) is 7.05 Å². The SMILES string of the molecule is CCCC1CNCCC1[C@@H](O)[C@H](CNC)c1ccc2ccccc2c1. The number of piperidine rings is 1. The summed E-state index contributed by atoms with van der Waals surface area (Å²) in [5.74, 6) is 1.09. The summed E-state index contributed by atoms with van der Waals surface area (Å²) in [7, 11) is 1.98. The van der Waals surface area contributed by atoms with Crippen molar-refractivity contribution < 1.29 is 5.11 Å². The summed E-state index contributed by atoms with van der Waals surface area (Å²) >= 11 is 0. The molecule has 1 fully saturated rings. The Morgan fingerprint density at radius 1 is 1.20 bits per heavy atom. The van der Waals surface area contributed by atoms with Crippen LogP contribution in [0.1, 0.15) is 37.7 Å². The fourth-order valence-electron chi connectivity index (χ4n) is 4.47. The van der Waals surface area contributed by atoms with Gasteiger partial charge in [-0.3, -0.25) is 0 Å². The molecule has 0 amide bonds. The van der Waals surface area contributed by atoms with Gasteiger partial charge in [-0.2, -0.15) is 0 Å². The van der Waals surface area contributed by atoms with Crippen molar-refractivity contribution in [2.75, 3.05) is 26.7 Å². The molecule has 136 valence electrons. The molecule has 2 unspecified atom stereocenters. The Kier molecular flexibility index (Phi) is 6.46. The molecule has 1 aliphatic heterocycles. The van der Waals surface area contributed by atoms with E-state index in [1.165, 1.54) is 29.2 Å². The molecule has 1 saturated heterocycles. The lowest BCUT2D eigenvalue weighted by Gasteiger charge is -2.39. The Labute approximate surface area is 151 Å². The number of hydrogen-bond donors (Lipinski definition) is 3. The van der Waals surface area contributed by atoms with E-state index < -0.39 is 0 Å². The number of fused-ring (bicyclic) bond motifs is 1. The fourth-order valence-corrected chi connectivity index (χ4v) is 4.47. The molecule has 3 heteroatoms. The third-order valence-electron chi connectivity index (χ3n) is 5.80. The molecule has 0 aromatic heterocycles. The minimum atomic E-state index is -0.299. The van der Waals surface area contributed by atoms with Crippen LogP contribution in [-0.4, -0.2) is 37.9 Å². The van der Waals surface area contributed by atoms with Crippen LogP contribution in [0.2, 0.25) is 0 Å². The van der Waals surface area contributed by atoms with Crippen molar-refractivity contribution in [1.82, 2.24) is 10.6 Å². The second-order valence-corrected chi connectivity index (χ2v) is 7.47. The van der Waals surface area contributed by atoms with Crippen LogP contribution in [0.3, 0.4) is 0 Å². The van der Waals surface area contributed by atoms with Gasteiger partial charge in [-0.25, -0.2) is 0 Å². The van der Waals surface area contributed by atoms with Crippen LogP contribution >= 0.6 is 0 Å². The van der Waals surface area contributed by atoms with Crippen LogP contribution in [0, 0.1) is 11.8 Å². The van der Waals surface area contributed by atoms with Crippen molar-refractivity contribution in [3.05, 3.63) is 48.0 Å². The van der Waals surface area contributed by atoms with E-state index in [2.05, 4.69) is 60.0 Å². The van der Waals surface area contributed by atoms with Gasteiger partial charge in [0.05, 0.1) is 6.10 Å². The van der Waals surface area contributed by atoms with Gasteiger partial charge in [0.15, 0.2) is 0 Å². The molecule has 0 spiro atoms. The third-order valence-corrected chi connectivity index (χ3v) is 5.80. The summed E-state index contributed by atoms with van der Waals surface area (Å²) in [4.78, 5) is 0. The topological polar surface area (TPSA) is 44.3 Å². The van der Waals surface area contributed by atoms with E-state index in [1.54, 1.807) is 0 Å². The number of aliphatic hydroxyl groups excluding tert-OH is 1. The highest BCUT2D eigenvalue weighted by atomic mass is 16.3. The highest BCUT2D eigenvalue weighted by Crippen LogP contribution is 2.34. The molecule has 1 heterocycles. The zero-order valence-electron chi connectivity index (χ0n) is 15.5. The molecule has 0 saturated carbocycles. The quantitative estimate of drug-likeness (QED) is 0.722. The van der Waals surface area contributed by atoms with Gasteiger partial charge >= 0.3 is 0 Å². The summed E-state index contributed by atoms with van der Waals surface area (Å²) in [6.07, 6.45) is 3.15. The number of aliphatic hydroxyl groups is 1. The van der Waals surface area contributed by atoms with E-state index in [0.29, 0.717) is 11.8 Å². The Bertz CT molecular complexity index is 670. The number of likely N-dealkylation sites (N-methyl/N-ethyl adjacent to an activating group) is 1. The molecule has 4 atom stereocenters. The second-order valence-electron chi connectivity index (χ2n) is 7.47. The molecule has 25 heavy (non-hydrogen) atoms. The van der Waals surface area contributed by atoms with Crippen molar-refractivity contribution in [1.29, 1.82) is 0 Å². The lowest BCUT2D eigenvalue weighted by molar-refractivity contribution is 0.0303. The molecule has 2 aromatic carbocycles. The molecule has 0 aliphatic carbocycles. The minimum Gasteiger partial charge on any atom is -0.392 e. The van der Waals surface area contributed by atoms with Gasteiger partial charge in [-0.15, -0.1) is 0 Å². The Morgan fingerprint density at radius 2 is 2.00 bits per heavy atom. The van der Waals surface area contributed by atoms with Crippen LogP contribution in [-0.2, 0) is 0 Å². The van der Waals surface area contributed by atoms with Gasteiger partial charge in [-0.05, 0) is 61.2 Å². The van der Waals surface area contributed by atoms with Crippen LogP contribution in [0.4, 0.5) is 0 Å². The largest absolute Gasteiger partial charge is 0.392 e. The average molecular weight is 341 g/mol. The molecular weight excluding hydrogens is 308 g/mol. The van der Waals surface area contributed by atoms with E-state index in [9.17, 15) is 5.11 Å². The van der Waals surface area contributed by atoms with Gasteiger partial charge in [0.2, 0.25) is 0 Å². The molecule has 1 aliphatic rings. The zero-order valence-corrected chi connectivity index (χ0v) is 15.5. The maximum Gasteiger partial charge on any atom is 0.0652 e. The maximum absolute atomic E-state index is 11.3. The molecule has 0 bridgehead atoms. The van der Waals surface area contributed by atoms with Crippen LogP contribution in [0.15, 0.2) is 42.5 Å². The smallest absolute Gasteiger partial charge is 0.0652 e. The third kappa shape index (κ3) is 4.22. The first-order chi connectivity index (χ1) is 12.2. The highest BCUT2D eigenvalue weighted by Gasteiger charge is 2.35. The number of benzene rings is 2. The lowest BCUT2D eigenvalue weighted by Crippen LogP contribution is -2.45. The molecular formula is C22H32N2O. The first-order valence-corrected chi connectivity index (χ1v) is 9.76. The van der Waals surface area contributed by atoms with E-state index in [4.69, 9.17) is 0 Å². The Morgan fingerprint density at radius 3 is 2.76 bits per heavy atom. The maximum atomic E-state index is 11.3. The van der Waals surface area contributed by atoms with Gasteiger partial charge in [-0.1, -0.05) is 55.8 Å². The van der Waals surface area contributed by atoms with E-state index in [-0.39, 0.29) is 12.0 Å². The van der Waals surface area contributed by atoms with E-state index in [0.717, 1.165) is 26.1 Å². The van der Waals surface area contributed by atoms with Crippen molar-refractivity contribution in [2.45, 2.75) is 38.2 Å². The van der Waals surface area contributed by atoms with Crippen molar-refractivity contribution >= 4 is 10.8 Å². The predicted octanol–water partition coefficient (Wildman–Crippen LogP) is 3.53. The van der Waals surface area contributed by atoms with Gasteiger partial charge in [0, 0.05) is 12.5 Å². The lowest BCUT2D eigenvalue weighted by atomic mass is 9.74. The molecule has 3 rings (SSSR count). The molecule has 0 radical (unpaired) electrons. The van der Waals surface area contributed by atoms with Crippen molar-refractivity contribution in [2.24, 2.45) is 11.8 Å². The van der Waals surface area contributed by atoms with Gasteiger partial charge in [0.25, 0.3) is 0 Å². The summed E-state index contributed by atoms with van der Waals surface area (Å²) in [6, 6.07) is 15.1. The predicted molar refractivity (Wildman–Crippen MR) is 106 cm³/mol. The first-order valence-electron chi connectivity index (χ1n) is 9.76. The second kappa shape index (κ2) is 8.79. The van der Waals surface area contributed by atoms with Gasteiger partial charge < -0.3 is 15.7 Å². The standard InChI is InChI=1S/C22H32N2O/c1-3-6-19-14-24-12-11-20(19)22(25)21(15-23-2)18-10-9-16-7-4-5-8-17(16)13-18/h4-5,7-10,13,19-25H,3,6,11-12,14-15H2,1-2H3/t19?,20?,21-,22-/m1/s1. The molecule has 3 N–H and O–H groups in total. The Balaban J connectivity index is 1.87. The number of hydrogen-bond acceptors (Lipinski definition) is 3. The minimum absolute atomic E-state index is 0.136. The van der Waals surface area contributed by atoms with Gasteiger partial charge in [0.1, 0.15) is 0 Å². The van der Waals surface area contributed by atoms with Crippen LogP contribution < -0.4 is 10.6 Å². The summed E-state index contributed by atoms with van der Waals surface area (Å²) in [5.41, 5.74) is 1.24. The molecule has 3 nitrogen and oxygen atoms in total. The van der Waals surface area contributed by atoms with Crippen LogP contribution in [0.25, 0.3) is 10.8 Å². The summed E-state index contributed by atoms with van der Waals surface area (Å²) in [5, 5.41) is 20.7.